The molecule has 2 heterocycles. The number of amides is 3. The average Bonchev–Trinajstić information content (AvgIpc) is 2.94. The Bertz CT molecular complexity index is 660. The zero-order valence-electron chi connectivity index (χ0n) is 14.1. The number of hydrogen-bond acceptors (Lipinski definition) is 3. The lowest BCUT2D eigenvalue weighted by molar-refractivity contribution is -0.135. The van der Waals surface area contributed by atoms with Crippen molar-refractivity contribution in [3.8, 4) is 0 Å². The Morgan fingerprint density at radius 3 is 2.48 bits per heavy atom. The van der Waals surface area contributed by atoms with Gasteiger partial charge in [0.1, 0.15) is 0 Å². The van der Waals surface area contributed by atoms with Crippen molar-refractivity contribution in [3.05, 3.63) is 29.8 Å². The normalized spacial score (nSPS) is 22.8. The third-order valence-corrected chi connectivity index (χ3v) is 4.56. The lowest BCUT2D eigenvalue weighted by Crippen LogP contribution is -2.54. The monoisotopic (exact) mass is 352 g/mol. The van der Waals surface area contributed by atoms with Gasteiger partial charge in [-0.15, -0.1) is 0 Å². The molecule has 2 saturated heterocycles. The number of carbonyl (C=O) groups excluding carboxylic acids is 2. The molecule has 0 aliphatic carbocycles. The van der Waals surface area contributed by atoms with Crippen molar-refractivity contribution in [2.75, 3.05) is 38.0 Å². The van der Waals surface area contributed by atoms with Gasteiger partial charge in [0.15, 0.2) is 0 Å². The summed E-state index contributed by atoms with van der Waals surface area (Å²) in [7, 11) is 0. The third kappa shape index (κ3) is 4.25. The van der Waals surface area contributed by atoms with Crippen LogP contribution in [-0.2, 0) is 4.79 Å². The van der Waals surface area contributed by atoms with Crippen molar-refractivity contribution in [2.24, 2.45) is 0 Å². The molecule has 8 heteroatoms. The predicted molar refractivity (Wildman–Crippen MR) is 89.7 cm³/mol. The van der Waals surface area contributed by atoms with Gasteiger partial charge in [0, 0.05) is 38.3 Å². The van der Waals surface area contributed by atoms with Gasteiger partial charge < -0.3 is 15.1 Å². The fraction of sp³-hybridized carbons (Fsp3) is 0.529. The van der Waals surface area contributed by atoms with Gasteiger partial charge in [-0.25, -0.2) is 13.6 Å². The summed E-state index contributed by atoms with van der Waals surface area (Å²) >= 11 is 0. The van der Waals surface area contributed by atoms with Crippen LogP contribution in [-0.4, -0.2) is 66.4 Å². The standard InChI is InChI=1S/C17H22F2N4O2/c1-12-3-2-4-13(9-12)21-16(25)23-7-5-22(6-8-23)15(24)14-10-17(18,19)11-20-14/h2-4,9,14,20H,5-8,10-11H2,1H3,(H,21,25). The van der Waals surface area contributed by atoms with Crippen LogP contribution in [0.2, 0.25) is 0 Å². The summed E-state index contributed by atoms with van der Waals surface area (Å²) in [5.74, 6) is -3.13. The van der Waals surface area contributed by atoms with Gasteiger partial charge in [-0.05, 0) is 24.6 Å². The summed E-state index contributed by atoms with van der Waals surface area (Å²) in [4.78, 5) is 27.8. The molecule has 2 aliphatic heterocycles. The van der Waals surface area contributed by atoms with E-state index in [2.05, 4.69) is 10.6 Å². The number of nitrogens with zero attached hydrogens (tertiary/aromatic N) is 2. The van der Waals surface area contributed by atoms with E-state index in [4.69, 9.17) is 0 Å². The largest absolute Gasteiger partial charge is 0.338 e. The number of piperazine rings is 1. The molecule has 0 aromatic heterocycles. The molecule has 1 aromatic rings. The molecule has 3 amide bonds. The van der Waals surface area contributed by atoms with Crippen molar-refractivity contribution in [1.29, 1.82) is 0 Å². The van der Waals surface area contributed by atoms with Gasteiger partial charge in [0.2, 0.25) is 5.91 Å². The first kappa shape index (κ1) is 17.6. The molecule has 0 saturated carbocycles. The topological polar surface area (TPSA) is 64.7 Å². The third-order valence-electron chi connectivity index (χ3n) is 4.56. The molecular weight excluding hydrogens is 330 g/mol. The van der Waals surface area contributed by atoms with Crippen LogP contribution in [0.4, 0.5) is 19.3 Å². The maximum atomic E-state index is 13.2. The molecule has 2 fully saturated rings. The van der Waals surface area contributed by atoms with E-state index in [9.17, 15) is 18.4 Å². The lowest BCUT2D eigenvalue weighted by atomic mass is 10.1. The van der Waals surface area contributed by atoms with E-state index in [1.165, 1.54) is 0 Å². The first-order valence-corrected chi connectivity index (χ1v) is 8.37. The second-order valence-electron chi connectivity index (χ2n) is 6.61. The highest BCUT2D eigenvalue weighted by Gasteiger charge is 2.43. The number of rotatable bonds is 2. The first-order valence-electron chi connectivity index (χ1n) is 8.37. The smallest absolute Gasteiger partial charge is 0.321 e. The summed E-state index contributed by atoms with van der Waals surface area (Å²) in [5, 5.41) is 5.42. The second-order valence-corrected chi connectivity index (χ2v) is 6.61. The molecule has 136 valence electrons. The van der Waals surface area contributed by atoms with Gasteiger partial charge in [-0.3, -0.25) is 10.1 Å². The van der Waals surface area contributed by atoms with E-state index in [-0.39, 0.29) is 11.9 Å². The van der Waals surface area contributed by atoms with Crippen LogP contribution in [0.25, 0.3) is 0 Å². The van der Waals surface area contributed by atoms with Crippen LogP contribution in [0.1, 0.15) is 12.0 Å². The van der Waals surface area contributed by atoms with Crippen molar-refractivity contribution in [2.45, 2.75) is 25.3 Å². The Kier molecular flexibility index (Phi) is 4.89. The highest BCUT2D eigenvalue weighted by molar-refractivity contribution is 5.89. The van der Waals surface area contributed by atoms with E-state index in [1.54, 1.807) is 9.80 Å². The molecule has 0 spiro atoms. The fourth-order valence-corrected chi connectivity index (χ4v) is 3.17. The van der Waals surface area contributed by atoms with E-state index in [1.807, 2.05) is 31.2 Å². The van der Waals surface area contributed by atoms with Gasteiger partial charge in [0.05, 0.1) is 12.6 Å². The Morgan fingerprint density at radius 1 is 1.20 bits per heavy atom. The summed E-state index contributed by atoms with van der Waals surface area (Å²) < 4.78 is 26.5. The highest BCUT2D eigenvalue weighted by atomic mass is 19.3. The number of halogens is 2. The number of anilines is 1. The second kappa shape index (κ2) is 6.95. The molecule has 0 radical (unpaired) electrons. The van der Waals surface area contributed by atoms with E-state index >= 15 is 0 Å². The quantitative estimate of drug-likeness (QED) is 0.851. The first-order chi connectivity index (χ1) is 11.8. The Balaban J connectivity index is 1.50. The molecule has 1 aromatic carbocycles. The van der Waals surface area contributed by atoms with Crippen molar-refractivity contribution in [3.63, 3.8) is 0 Å². The van der Waals surface area contributed by atoms with Gasteiger partial charge >= 0.3 is 6.03 Å². The predicted octanol–water partition coefficient (Wildman–Crippen LogP) is 1.67. The zero-order chi connectivity index (χ0) is 18.0. The number of urea groups is 1. The van der Waals surface area contributed by atoms with Crippen LogP contribution in [0.15, 0.2) is 24.3 Å². The SMILES string of the molecule is Cc1cccc(NC(=O)N2CCN(C(=O)C3CC(F)(F)CN3)CC2)c1. The molecule has 25 heavy (non-hydrogen) atoms. The molecule has 6 nitrogen and oxygen atoms in total. The van der Waals surface area contributed by atoms with E-state index in [0.29, 0.717) is 26.2 Å². The van der Waals surface area contributed by atoms with E-state index in [0.717, 1.165) is 11.3 Å². The maximum absolute atomic E-state index is 13.2. The Morgan fingerprint density at radius 2 is 1.88 bits per heavy atom. The lowest BCUT2D eigenvalue weighted by Gasteiger charge is -2.35. The minimum atomic E-state index is -2.82. The van der Waals surface area contributed by atoms with Crippen LogP contribution in [0, 0.1) is 6.92 Å². The Labute approximate surface area is 145 Å². The van der Waals surface area contributed by atoms with Crippen molar-refractivity contribution in [1.82, 2.24) is 15.1 Å². The molecule has 2 aliphatic rings. The summed E-state index contributed by atoms with van der Waals surface area (Å²) in [6.45, 7) is 2.95. The zero-order valence-corrected chi connectivity index (χ0v) is 14.1. The Hall–Kier alpha value is -2.22. The summed E-state index contributed by atoms with van der Waals surface area (Å²) in [6.07, 6.45) is -0.458. The molecular formula is C17H22F2N4O2. The van der Waals surface area contributed by atoms with Gasteiger partial charge in [-0.2, -0.15) is 0 Å². The van der Waals surface area contributed by atoms with Crippen LogP contribution >= 0.6 is 0 Å². The molecule has 3 rings (SSSR count). The molecule has 2 N–H and O–H groups in total. The highest BCUT2D eigenvalue weighted by Crippen LogP contribution is 2.26. The number of nitrogens with one attached hydrogen (secondary N) is 2. The van der Waals surface area contributed by atoms with Crippen molar-refractivity contribution < 1.29 is 18.4 Å². The number of benzene rings is 1. The number of aryl methyl sites for hydroxylation is 1. The van der Waals surface area contributed by atoms with Crippen LogP contribution in [0.5, 0.6) is 0 Å². The van der Waals surface area contributed by atoms with Gasteiger partial charge in [-0.1, -0.05) is 12.1 Å². The van der Waals surface area contributed by atoms with Crippen LogP contribution in [0.3, 0.4) is 0 Å². The fourth-order valence-electron chi connectivity index (χ4n) is 3.17. The minimum absolute atomic E-state index is 0.219. The number of carbonyl (C=O) groups is 2. The number of alkyl halides is 2. The number of hydrogen-bond donors (Lipinski definition) is 2. The maximum Gasteiger partial charge on any atom is 0.321 e. The average molecular weight is 352 g/mol. The summed E-state index contributed by atoms with van der Waals surface area (Å²) in [6, 6.07) is 6.46. The minimum Gasteiger partial charge on any atom is -0.338 e. The molecule has 1 unspecified atom stereocenters. The van der Waals surface area contributed by atoms with Crippen molar-refractivity contribution >= 4 is 17.6 Å². The summed E-state index contributed by atoms with van der Waals surface area (Å²) in [5.41, 5.74) is 1.77. The van der Waals surface area contributed by atoms with E-state index < -0.39 is 24.9 Å². The molecule has 0 bridgehead atoms. The molecule has 1 atom stereocenters. The van der Waals surface area contributed by atoms with Gasteiger partial charge in [0.25, 0.3) is 5.92 Å². The van der Waals surface area contributed by atoms with Crippen LogP contribution < -0.4 is 10.6 Å².